The summed E-state index contributed by atoms with van der Waals surface area (Å²) in [6.07, 6.45) is 0. The van der Waals surface area contributed by atoms with Gasteiger partial charge in [-0.15, -0.1) is 0 Å². The third kappa shape index (κ3) is 6.73. The Morgan fingerprint density at radius 1 is 0.735 bits per heavy atom. The Morgan fingerprint density at radius 3 is 2.09 bits per heavy atom. The Labute approximate surface area is 197 Å². The zero-order valence-corrected chi connectivity index (χ0v) is 19.0. The van der Waals surface area contributed by atoms with Crippen molar-refractivity contribution in [2.24, 2.45) is 0 Å². The molecule has 3 rings (SSSR count). The van der Waals surface area contributed by atoms with Crippen LogP contribution in [0.25, 0.3) is 0 Å². The number of hydrogen-bond donors (Lipinski definition) is 3. The van der Waals surface area contributed by atoms with Crippen LogP contribution in [-0.4, -0.2) is 38.5 Å². The summed E-state index contributed by atoms with van der Waals surface area (Å²) in [4.78, 5) is 36.3. The molecule has 0 saturated heterocycles. The summed E-state index contributed by atoms with van der Waals surface area (Å²) < 4.78 is 15.8. The fourth-order valence-electron chi connectivity index (χ4n) is 3.00. The first-order valence-corrected chi connectivity index (χ1v) is 10.3. The molecular weight excluding hydrogens is 438 g/mol. The molecule has 34 heavy (non-hydrogen) atoms. The van der Waals surface area contributed by atoms with Gasteiger partial charge in [-0.25, -0.2) is 0 Å². The van der Waals surface area contributed by atoms with Gasteiger partial charge < -0.3 is 30.2 Å². The van der Waals surface area contributed by atoms with Crippen LogP contribution in [0.2, 0.25) is 0 Å². The number of benzene rings is 3. The molecule has 3 aromatic carbocycles. The van der Waals surface area contributed by atoms with Gasteiger partial charge in [0.25, 0.3) is 11.8 Å². The summed E-state index contributed by atoms with van der Waals surface area (Å²) in [5.74, 6) is 0.599. The number of carbonyl (C=O) groups excluding carboxylic acids is 3. The maximum atomic E-state index is 12.7. The minimum Gasteiger partial charge on any atom is -0.497 e. The second kappa shape index (κ2) is 11.4. The van der Waals surface area contributed by atoms with Crippen molar-refractivity contribution in [3.05, 3.63) is 72.3 Å². The molecule has 0 aliphatic carbocycles. The Balaban J connectivity index is 1.59. The molecule has 0 saturated carbocycles. The lowest BCUT2D eigenvalue weighted by Crippen LogP contribution is -2.20. The van der Waals surface area contributed by atoms with Gasteiger partial charge in [0.2, 0.25) is 5.91 Å². The fraction of sp³-hybridized carbons (Fsp3) is 0.160. The molecule has 3 aromatic rings. The number of anilines is 3. The van der Waals surface area contributed by atoms with Crippen LogP contribution in [0.3, 0.4) is 0 Å². The van der Waals surface area contributed by atoms with E-state index in [0.29, 0.717) is 39.9 Å². The van der Waals surface area contributed by atoms with Gasteiger partial charge in [-0.05, 0) is 48.5 Å². The average Bonchev–Trinajstić information content (AvgIpc) is 2.84. The minimum absolute atomic E-state index is 0.202. The van der Waals surface area contributed by atoms with Crippen molar-refractivity contribution in [1.29, 1.82) is 0 Å². The van der Waals surface area contributed by atoms with Gasteiger partial charge in [0.15, 0.2) is 6.61 Å². The van der Waals surface area contributed by atoms with E-state index >= 15 is 0 Å². The first-order valence-electron chi connectivity index (χ1n) is 10.3. The molecule has 9 nitrogen and oxygen atoms in total. The predicted octanol–water partition coefficient (Wildman–Crippen LogP) is 3.93. The van der Waals surface area contributed by atoms with Gasteiger partial charge in [-0.1, -0.05) is 6.07 Å². The quantitative estimate of drug-likeness (QED) is 0.443. The molecule has 0 bridgehead atoms. The highest BCUT2D eigenvalue weighted by molar-refractivity contribution is 6.07. The number of carbonyl (C=O) groups is 3. The van der Waals surface area contributed by atoms with Gasteiger partial charge in [0, 0.05) is 30.3 Å². The zero-order chi connectivity index (χ0) is 24.5. The van der Waals surface area contributed by atoms with Crippen molar-refractivity contribution < 1.29 is 28.6 Å². The smallest absolute Gasteiger partial charge is 0.262 e. The van der Waals surface area contributed by atoms with E-state index in [1.165, 1.54) is 14.0 Å². The fourth-order valence-corrected chi connectivity index (χ4v) is 3.00. The number of rotatable bonds is 9. The standard InChI is InChI=1S/C25H25N3O6/c1-16(29)26-22-12-11-21(33-3)14-23(22)28-25(31)17-7-9-19(10-8-17)34-15-24(30)27-18-5-4-6-20(13-18)32-2/h4-14H,15H2,1-3H3,(H,26,29)(H,27,30)(H,28,31). The third-order valence-electron chi connectivity index (χ3n) is 4.63. The van der Waals surface area contributed by atoms with Crippen molar-refractivity contribution >= 4 is 34.8 Å². The average molecular weight is 463 g/mol. The molecule has 0 spiro atoms. The van der Waals surface area contributed by atoms with E-state index in [1.54, 1.807) is 73.8 Å². The van der Waals surface area contributed by atoms with E-state index in [0.717, 1.165) is 0 Å². The van der Waals surface area contributed by atoms with Crippen molar-refractivity contribution in [3.8, 4) is 17.2 Å². The molecule has 0 aromatic heterocycles. The van der Waals surface area contributed by atoms with Gasteiger partial charge in [0.1, 0.15) is 17.2 Å². The SMILES string of the molecule is COc1cccc(NC(=O)COc2ccc(C(=O)Nc3cc(OC)ccc3NC(C)=O)cc2)c1. The maximum Gasteiger partial charge on any atom is 0.262 e. The van der Waals surface area contributed by atoms with Gasteiger partial charge >= 0.3 is 0 Å². The normalized spacial score (nSPS) is 10.1. The molecule has 0 aliphatic heterocycles. The van der Waals surface area contributed by atoms with Crippen LogP contribution < -0.4 is 30.2 Å². The lowest BCUT2D eigenvalue weighted by molar-refractivity contribution is -0.118. The number of amides is 3. The third-order valence-corrected chi connectivity index (χ3v) is 4.63. The van der Waals surface area contributed by atoms with Crippen LogP contribution in [0.15, 0.2) is 66.7 Å². The van der Waals surface area contributed by atoms with Crippen LogP contribution >= 0.6 is 0 Å². The first-order chi connectivity index (χ1) is 16.4. The topological polar surface area (TPSA) is 115 Å². The van der Waals surface area contributed by atoms with Crippen LogP contribution in [0.4, 0.5) is 17.1 Å². The Bertz CT molecular complexity index is 1180. The summed E-state index contributed by atoms with van der Waals surface area (Å²) in [5, 5.41) is 8.16. The number of methoxy groups -OCH3 is 2. The molecule has 0 heterocycles. The molecule has 9 heteroatoms. The number of hydrogen-bond acceptors (Lipinski definition) is 6. The van der Waals surface area contributed by atoms with E-state index in [2.05, 4.69) is 16.0 Å². The van der Waals surface area contributed by atoms with E-state index in [1.807, 2.05) is 0 Å². The van der Waals surface area contributed by atoms with Crippen LogP contribution in [-0.2, 0) is 9.59 Å². The highest BCUT2D eigenvalue weighted by Gasteiger charge is 2.12. The van der Waals surface area contributed by atoms with E-state index < -0.39 is 0 Å². The molecule has 0 aliphatic rings. The maximum absolute atomic E-state index is 12.7. The van der Waals surface area contributed by atoms with E-state index in [-0.39, 0.29) is 24.3 Å². The van der Waals surface area contributed by atoms with Gasteiger partial charge in [-0.3, -0.25) is 14.4 Å². The highest BCUT2D eigenvalue weighted by atomic mass is 16.5. The van der Waals surface area contributed by atoms with Crippen LogP contribution in [0, 0.1) is 0 Å². The van der Waals surface area contributed by atoms with Gasteiger partial charge in [0.05, 0.1) is 25.6 Å². The summed E-state index contributed by atoms with van der Waals surface area (Å²) in [5.41, 5.74) is 1.80. The zero-order valence-electron chi connectivity index (χ0n) is 19.0. The number of ether oxygens (including phenoxy) is 3. The molecule has 0 fully saturated rings. The highest BCUT2D eigenvalue weighted by Crippen LogP contribution is 2.28. The first kappa shape index (κ1) is 24.1. The summed E-state index contributed by atoms with van der Waals surface area (Å²) in [6, 6.07) is 18.2. The lowest BCUT2D eigenvalue weighted by Gasteiger charge is -2.13. The van der Waals surface area contributed by atoms with Gasteiger partial charge in [-0.2, -0.15) is 0 Å². The van der Waals surface area contributed by atoms with E-state index in [9.17, 15) is 14.4 Å². The second-order valence-corrected chi connectivity index (χ2v) is 7.14. The second-order valence-electron chi connectivity index (χ2n) is 7.14. The largest absolute Gasteiger partial charge is 0.497 e. The summed E-state index contributed by atoms with van der Waals surface area (Å²) in [7, 11) is 3.06. The molecule has 0 radical (unpaired) electrons. The molecule has 176 valence electrons. The molecule has 3 amide bonds. The minimum atomic E-state index is -0.387. The van der Waals surface area contributed by atoms with Crippen molar-refractivity contribution in [2.45, 2.75) is 6.92 Å². The molecule has 3 N–H and O–H groups in total. The molecule has 0 unspecified atom stereocenters. The molecule has 0 atom stereocenters. The van der Waals surface area contributed by atoms with Crippen molar-refractivity contribution in [1.82, 2.24) is 0 Å². The van der Waals surface area contributed by atoms with E-state index in [4.69, 9.17) is 14.2 Å². The molecular formula is C25H25N3O6. The summed E-state index contributed by atoms with van der Waals surface area (Å²) in [6.45, 7) is 1.18. The van der Waals surface area contributed by atoms with Crippen molar-refractivity contribution in [3.63, 3.8) is 0 Å². The summed E-state index contributed by atoms with van der Waals surface area (Å²) >= 11 is 0. The monoisotopic (exact) mass is 463 g/mol. The Hall–Kier alpha value is -4.53. The van der Waals surface area contributed by atoms with Crippen LogP contribution in [0.5, 0.6) is 17.2 Å². The predicted molar refractivity (Wildman–Crippen MR) is 129 cm³/mol. The van der Waals surface area contributed by atoms with Crippen molar-refractivity contribution in [2.75, 3.05) is 36.8 Å². The van der Waals surface area contributed by atoms with Crippen LogP contribution in [0.1, 0.15) is 17.3 Å². The lowest BCUT2D eigenvalue weighted by atomic mass is 10.2. The Kier molecular flexibility index (Phi) is 8.07. The Morgan fingerprint density at radius 2 is 1.41 bits per heavy atom. The number of nitrogens with one attached hydrogen (secondary N) is 3.